The molecule has 0 bridgehead atoms. The van der Waals surface area contributed by atoms with Gasteiger partial charge in [0.05, 0.1) is 4.92 Å². The lowest BCUT2D eigenvalue weighted by atomic mass is 9.68. The van der Waals surface area contributed by atoms with Crippen molar-refractivity contribution in [1.29, 1.82) is 0 Å². The van der Waals surface area contributed by atoms with Gasteiger partial charge in [-0.05, 0) is 59.4 Å². The first kappa shape index (κ1) is 27.5. The number of fused-ring (bicyclic) bond motifs is 3. The maximum Gasteiger partial charge on any atom is 0.306 e. The van der Waals surface area contributed by atoms with Crippen molar-refractivity contribution < 1.29 is 4.92 Å². The van der Waals surface area contributed by atoms with E-state index in [1.807, 2.05) is 7.05 Å². The molecule has 0 unspecified atom stereocenters. The fourth-order valence-electron chi connectivity index (χ4n) is 6.83. The number of hydrogen-bond donors (Lipinski definition) is 0. The fourth-order valence-corrected chi connectivity index (χ4v) is 7.59. The Balaban J connectivity index is 1.56. The Morgan fingerprint density at radius 2 is 1.82 bits per heavy atom. The fraction of sp³-hybridized carbons (Fsp3) is 0.333. The number of benzene rings is 3. The largest absolute Gasteiger partial charge is 0.347 e. The molecule has 6 heteroatoms. The number of nitro benzene ring substituents is 1. The predicted octanol–water partition coefficient (Wildman–Crippen LogP) is 9.99. The van der Waals surface area contributed by atoms with Gasteiger partial charge < -0.3 is 4.90 Å². The summed E-state index contributed by atoms with van der Waals surface area (Å²) in [6.07, 6.45) is 11.3. The maximum absolute atomic E-state index is 11.8. The zero-order chi connectivity index (χ0) is 28.1. The van der Waals surface area contributed by atoms with E-state index in [4.69, 9.17) is 23.2 Å². The summed E-state index contributed by atoms with van der Waals surface area (Å²) in [5.41, 5.74) is 5.46. The minimum Gasteiger partial charge on any atom is -0.347 e. The summed E-state index contributed by atoms with van der Waals surface area (Å²) < 4.78 is 0. The molecular weight excluding hydrogens is 527 g/mol. The van der Waals surface area contributed by atoms with E-state index >= 15 is 0 Å². The summed E-state index contributed by atoms with van der Waals surface area (Å²) in [5, 5.41) is 14.5. The summed E-state index contributed by atoms with van der Waals surface area (Å²) >= 11 is 13.1. The van der Waals surface area contributed by atoms with Crippen LogP contribution in [0.4, 0.5) is 11.4 Å². The Hall–Kier alpha value is -3.08. The first-order valence-corrected chi connectivity index (χ1v) is 14.2. The van der Waals surface area contributed by atoms with Gasteiger partial charge in [-0.3, -0.25) is 10.1 Å². The highest BCUT2D eigenvalue weighted by Gasteiger charge is 2.49. The van der Waals surface area contributed by atoms with E-state index < -0.39 is 4.92 Å². The van der Waals surface area contributed by atoms with Crippen molar-refractivity contribution in [2.45, 2.75) is 63.7 Å². The van der Waals surface area contributed by atoms with E-state index in [1.165, 1.54) is 21.9 Å². The SMILES string of the molecule is C=C(/C=C/C=C1/N(C)c2cc(Cl)c([N+](=O)[O-])c(Cl)c2C12CCCCC2)C(C)(C)c1c(C)ccc2ccccc12. The van der Waals surface area contributed by atoms with Gasteiger partial charge in [-0.25, -0.2) is 0 Å². The van der Waals surface area contributed by atoms with Crippen LogP contribution in [-0.4, -0.2) is 12.0 Å². The summed E-state index contributed by atoms with van der Waals surface area (Å²) in [7, 11) is 2.00. The van der Waals surface area contributed by atoms with Gasteiger partial charge in [0, 0.05) is 34.8 Å². The number of allylic oxidation sites excluding steroid dienone is 5. The Bertz CT molecular complexity index is 1560. The molecular formula is C33H34Cl2N2O2. The number of likely N-dealkylation sites (N-methyl/N-ethyl adjacent to an activating group) is 1. The average molecular weight is 562 g/mol. The number of hydrogen-bond acceptors (Lipinski definition) is 3. The van der Waals surface area contributed by atoms with Crippen LogP contribution in [0.15, 0.2) is 78.5 Å². The van der Waals surface area contributed by atoms with E-state index in [2.05, 4.69) is 86.9 Å². The van der Waals surface area contributed by atoms with Crippen molar-refractivity contribution >= 4 is 45.3 Å². The second-order valence-electron chi connectivity index (χ2n) is 11.4. The van der Waals surface area contributed by atoms with Gasteiger partial charge in [-0.15, -0.1) is 0 Å². The number of nitrogens with zero attached hydrogens (tertiary/aromatic N) is 2. The van der Waals surface area contributed by atoms with Crippen molar-refractivity contribution in [2.24, 2.45) is 0 Å². The lowest BCUT2D eigenvalue weighted by molar-refractivity contribution is -0.384. The second kappa shape index (κ2) is 10.1. The van der Waals surface area contributed by atoms with Gasteiger partial charge in [0.1, 0.15) is 10.0 Å². The molecule has 2 aliphatic rings. The third kappa shape index (κ3) is 4.38. The molecule has 0 saturated heterocycles. The third-order valence-corrected chi connectivity index (χ3v) is 9.53. The lowest BCUT2D eigenvalue weighted by Crippen LogP contribution is -2.32. The van der Waals surface area contributed by atoms with Crippen LogP contribution < -0.4 is 4.90 Å². The van der Waals surface area contributed by atoms with Crippen molar-refractivity contribution in [2.75, 3.05) is 11.9 Å². The zero-order valence-corrected chi connectivity index (χ0v) is 24.5. The summed E-state index contributed by atoms with van der Waals surface area (Å²) in [5.74, 6) is 0. The van der Waals surface area contributed by atoms with Crippen molar-refractivity contribution in [3.8, 4) is 0 Å². The standard InChI is InChI=1S/C33H34Cl2N2O2/c1-21-16-17-23-13-7-8-14-24(23)28(21)32(3,4)22(2)12-11-15-27-33(18-9-6-10-19-33)29-26(36(27)5)20-25(34)31(30(29)35)37(38)39/h7-8,11-17,20H,2,6,9-10,18-19H2,1,3-5H3/b12-11+,27-15+. The van der Waals surface area contributed by atoms with Crippen LogP contribution in [0.2, 0.25) is 10.0 Å². The number of rotatable bonds is 5. The highest BCUT2D eigenvalue weighted by Crippen LogP contribution is 2.59. The molecule has 0 atom stereocenters. The number of aryl methyl sites for hydroxylation is 1. The number of halogens is 2. The molecule has 1 fully saturated rings. The molecule has 5 rings (SSSR count). The molecule has 1 saturated carbocycles. The Morgan fingerprint density at radius 1 is 1.13 bits per heavy atom. The molecule has 39 heavy (non-hydrogen) atoms. The summed E-state index contributed by atoms with van der Waals surface area (Å²) in [6.45, 7) is 11.1. The van der Waals surface area contributed by atoms with E-state index in [9.17, 15) is 10.1 Å². The molecule has 0 amide bonds. The Kier molecular flexibility index (Phi) is 7.15. The molecule has 202 valence electrons. The van der Waals surface area contributed by atoms with Gasteiger partial charge in [0.25, 0.3) is 0 Å². The number of anilines is 1. The van der Waals surface area contributed by atoms with Gasteiger partial charge >= 0.3 is 5.69 Å². The van der Waals surface area contributed by atoms with Gasteiger partial charge in [-0.2, -0.15) is 0 Å². The predicted molar refractivity (Wildman–Crippen MR) is 164 cm³/mol. The van der Waals surface area contributed by atoms with Gasteiger partial charge in [0.2, 0.25) is 0 Å². The first-order valence-electron chi connectivity index (χ1n) is 13.5. The average Bonchev–Trinajstić information content (AvgIpc) is 3.10. The van der Waals surface area contributed by atoms with Gasteiger partial charge in [0.15, 0.2) is 0 Å². The van der Waals surface area contributed by atoms with E-state index in [-0.39, 0.29) is 26.6 Å². The molecule has 0 N–H and O–H groups in total. The summed E-state index contributed by atoms with van der Waals surface area (Å²) in [4.78, 5) is 13.5. The van der Waals surface area contributed by atoms with Crippen molar-refractivity contribution in [3.63, 3.8) is 0 Å². The van der Waals surface area contributed by atoms with E-state index in [0.717, 1.165) is 54.6 Å². The zero-order valence-electron chi connectivity index (χ0n) is 23.0. The molecule has 1 aliphatic heterocycles. The molecule has 3 aromatic carbocycles. The van der Waals surface area contributed by atoms with Crippen LogP contribution in [0.3, 0.4) is 0 Å². The number of nitro groups is 1. The molecule has 0 aromatic heterocycles. The van der Waals surface area contributed by atoms with Crippen molar-refractivity contribution in [1.82, 2.24) is 0 Å². The lowest BCUT2D eigenvalue weighted by Gasteiger charge is -2.36. The van der Waals surface area contributed by atoms with Crippen LogP contribution in [0.5, 0.6) is 0 Å². The van der Waals surface area contributed by atoms with Crippen LogP contribution in [0, 0.1) is 17.0 Å². The first-order chi connectivity index (χ1) is 18.5. The highest BCUT2D eigenvalue weighted by molar-refractivity contribution is 6.39. The Labute approximate surface area is 240 Å². The van der Waals surface area contributed by atoms with Gasteiger partial charge in [-0.1, -0.05) is 111 Å². The monoisotopic (exact) mass is 560 g/mol. The molecule has 1 heterocycles. The van der Waals surface area contributed by atoms with Crippen LogP contribution in [-0.2, 0) is 10.8 Å². The van der Waals surface area contributed by atoms with Crippen LogP contribution in [0.1, 0.15) is 62.6 Å². The molecule has 1 aliphatic carbocycles. The molecule has 1 spiro atoms. The smallest absolute Gasteiger partial charge is 0.306 e. The van der Waals surface area contributed by atoms with E-state index in [1.54, 1.807) is 6.07 Å². The summed E-state index contributed by atoms with van der Waals surface area (Å²) in [6, 6.07) is 14.5. The van der Waals surface area contributed by atoms with Crippen LogP contribution in [0.25, 0.3) is 10.8 Å². The Morgan fingerprint density at radius 3 is 2.51 bits per heavy atom. The molecule has 0 radical (unpaired) electrons. The van der Waals surface area contributed by atoms with Crippen LogP contribution >= 0.6 is 23.2 Å². The van der Waals surface area contributed by atoms with E-state index in [0.29, 0.717) is 0 Å². The quantitative estimate of drug-likeness (QED) is 0.177. The molecule has 3 aromatic rings. The normalized spacial score (nSPS) is 17.9. The van der Waals surface area contributed by atoms with Crippen molar-refractivity contribution in [3.05, 3.63) is 115 Å². The minimum atomic E-state index is -0.468. The topological polar surface area (TPSA) is 46.4 Å². The maximum atomic E-state index is 11.8. The minimum absolute atomic E-state index is 0.0685. The molecule has 4 nitrogen and oxygen atoms in total. The third-order valence-electron chi connectivity index (χ3n) is 8.87. The second-order valence-corrected chi connectivity index (χ2v) is 12.2. The highest BCUT2D eigenvalue weighted by atomic mass is 35.5.